The first-order valence-electron chi connectivity index (χ1n) is 7.99. The number of hydrogen-bond acceptors (Lipinski definition) is 5. The molecule has 0 saturated heterocycles. The summed E-state index contributed by atoms with van der Waals surface area (Å²) in [6, 6.07) is 12.6. The molecule has 1 heterocycles. The van der Waals surface area contributed by atoms with E-state index in [2.05, 4.69) is 15.5 Å². The highest BCUT2D eigenvalue weighted by Gasteiger charge is 2.13. The molecule has 1 aromatic heterocycles. The molecule has 0 aliphatic heterocycles. The van der Waals surface area contributed by atoms with Crippen LogP contribution in [-0.2, 0) is 16.6 Å². The number of phenols is 1. The van der Waals surface area contributed by atoms with Gasteiger partial charge in [0.05, 0.1) is 10.6 Å². The van der Waals surface area contributed by atoms with E-state index in [1.807, 2.05) is 13.0 Å². The first-order chi connectivity index (χ1) is 12.7. The van der Waals surface area contributed by atoms with E-state index >= 15 is 0 Å². The lowest BCUT2D eigenvalue weighted by Gasteiger charge is -2.05. The second-order valence-electron chi connectivity index (χ2n) is 6.06. The number of nitrogens with zero attached hydrogens (tertiary/aromatic N) is 1. The van der Waals surface area contributed by atoms with Crippen molar-refractivity contribution in [3.05, 3.63) is 65.4 Å². The van der Waals surface area contributed by atoms with Gasteiger partial charge in [-0.05, 0) is 48.4 Å². The van der Waals surface area contributed by atoms with Crippen LogP contribution in [0.5, 0.6) is 5.75 Å². The van der Waals surface area contributed by atoms with Crippen molar-refractivity contribution in [1.29, 1.82) is 0 Å². The number of aromatic hydroxyl groups is 1. The van der Waals surface area contributed by atoms with E-state index in [0.29, 0.717) is 16.8 Å². The number of primary sulfonamides is 1. The molecule has 1 amide bonds. The van der Waals surface area contributed by atoms with Gasteiger partial charge >= 0.3 is 0 Å². The number of phenolic OH excluding ortho intramolecular Hbond substituents is 1. The van der Waals surface area contributed by atoms with Crippen LogP contribution >= 0.6 is 0 Å². The minimum Gasteiger partial charge on any atom is -0.507 e. The fraction of sp³-hybridized carbons (Fsp3) is 0.111. The molecule has 0 unspecified atom stereocenters. The Morgan fingerprint density at radius 3 is 2.52 bits per heavy atom. The Kier molecular flexibility index (Phi) is 4.98. The molecule has 0 aliphatic rings. The standard InChI is InChI=1S/C18H18N4O4S/c1-11-2-7-14(17(23)8-11)15-9-16(22-21-15)18(24)20-10-12-3-5-13(6-4-12)27(19,25)26/h2-9,23H,10H2,1H3,(H,20,24)(H,21,22)(H2,19,25,26). The topological polar surface area (TPSA) is 138 Å². The van der Waals surface area contributed by atoms with Gasteiger partial charge in [-0.3, -0.25) is 9.89 Å². The number of aromatic nitrogens is 2. The highest BCUT2D eigenvalue weighted by Crippen LogP contribution is 2.28. The monoisotopic (exact) mass is 386 g/mol. The lowest BCUT2D eigenvalue weighted by atomic mass is 10.1. The third-order valence-electron chi connectivity index (χ3n) is 3.96. The number of H-pyrrole nitrogens is 1. The molecule has 0 spiro atoms. The first-order valence-corrected chi connectivity index (χ1v) is 9.54. The average molecular weight is 386 g/mol. The number of hydrogen-bond donors (Lipinski definition) is 4. The number of benzene rings is 2. The zero-order valence-electron chi connectivity index (χ0n) is 14.4. The van der Waals surface area contributed by atoms with Crippen molar-refractivity contribution < 1.29 is 18.3 Å². The number of nitrogens with two attached hydrogens (primary N) is 1. The fourth-order valence-corrected chi connectivity index (χ4v) is 3.02. The fourth-order valence-electron chi connectivity index (χ4n) is 2.51. The summed E-state index contributed by atoms with van der Waals surface area (Å²) in [6.07, 6.45) is 0. The predicted molar refractivity (Wildman–Crippen MR) is 99.4 cm³/mol. The summed E-state index contributed by atoms with van der Waals surface area (Å²) in [5.74, 6) is -0.292. The third kappa shape index (κ3) is 4.33. The lowest BCUT2D eigenvalue weighted by Crippen LogP contribution is -2.23. The predicted octanol–water partition coefficient (Wildman–Crippen LogP) is 1.67. The second kappa shape index (κ2) is 7.22. The van der Waals surface area contributed by atoms with Crippen LogP contribution in [-0.4, -0.2) is 29.6 Å². The van der Waals surface area contributed by atoms with Crippen LogP contribution < -0.4 is 10.5 Å². The number of aromatic amines is 1. The van der Waals surface area contributed by atoms with Gasteiger partial charge in [-0.25, -0.2) is 13.6 Å². The molecule has 0 bridgehead atoms. The number of carbonyl (C=O) groups excluding carboxylic acids is 1. The quantitative estimate of drug-likeness (QED) is 0.528. The van der Waals surface area contributed by atoms with Crippen molar-refractivity contribution in [3.8, 4) is 17.0 Å². The van der Waals surface area contributed by atoms with Gasteiger partial charge in [-0.1, -0.05) is 18.2 Å². The van der Waals surface area contributed by atoms with Crippen molar-refractivity contribution in [2.75, 3.05) is 0 Å². The van der Waals surface area contributed by atoms with E-state index in [1.165, 1.54) is 12.1 Å². The van der Waals surface area contributed by atoms with E-state index < -0.39 is 10.0 Å². The molecule has 0 fully saturated rings. The van der Waals surface area contributed by atoms with Crippen molar-refractivity contribution in [3.63, 3.8) is 0 Å². The SMILES string of the molecule is Cc1ccc(-c2cc(C(=O)NCc3ccc(S(N)(=O)=O)cc3)[nH]n2)c(O)c1. The van der Waals surface area contributed by atoms with E-state index in [4.69, 9.17) is 5.14 Å². The molecule has 0 radical (unpaired) electrons. The Hall–Kier alpha value is -3.17. The van der Waals surface area contributed by atoms with Crippen LogP contribution in [0, 0.1) is 6.92 Å². The molecule has 9 heteroatoms. The first kappa shape index (κ1) is 18.6. The van der Waals surface area contributed by atoms with Gasteiger partial charge in [0.15, 0.2) is 0 Å². The highest BCUT2D eigenvalue weighted by molar-refractivity contribution is 7.89. The molecule has 3 aromatic rings. The molecule has 0 aliphatic carbocycles. The third-order valence-corrected chi connectivity index (χ3v) is 4.89. The number of rotatable bonds is 5. The highest BCUT2D eigenvalue weighted by atomic mass is 32.2. The zero-order valence-corrected chi connectivity index (χ0v) is 15.2. The lowest BCUT2D eigenvalue weighted by molar-refractivity contribution is 0.0946. The molecule has 0 saturated carbocycles. The van der Waals surface area contributed by atoms with E-state index in [1.54, 1.807) is 30.3 Å². The van der Waals surface area contributed by atoms with Crippen molar-refractivity contribution in [2.45, 2.75) is 18.4 Å². The number of carbonyl (C=O) groups is 1. The molecular weight excluding hydrogens is 368 g/mol. The molecule has 0 atom stereocenters. The molecule has 2 aromatic carbocycles. The van der Waals surface area contributed by atoms with Crippen LogP contribution in [0.4, 0.5) is 0 Å². The summed E-state index contributed by atoms with van der Waals surface area (Å²) < 4.78 is 22.5. The number of amides is 1. The van der Waals surface area contributed by atoms with Crippen LogP contribution in [0.2, 0.25) is 0 Å². The maximum absolute atomic E-state index is 12.3. The maximum Gasteiger partial charge on any atom is 0.269 e. The summed E-state index contributed by atoms with van der Waals surface area (Å²) in [4.78, 5) is 12.3. The minimum atomic E-state index is -3.74. The Morgan fingerprint density at radius 1 is 1.19 bits per heavy atom. The van der Waals surface area contributed by atoms with Crippen LogP contribution in [0.25, 0.3) is 11.3 Å². The van der Waals surface area contributed by atoms with Gasteiger partial charge < -0.3 is 10.4 Å². The second-order valence-corrected chi connectivity index (χ2v) is 7.62. The Balaban J connectivity index is 1.68. The van der Waals surface area contributed by atoms with Crippen LogP contribution in [0.3, 0.4) is 0 Å². The molecule has 3 rings (SSSR count). The van der Waals surface area contributed by atoms with Gasteiger partial charge in [0.1, 0.15) is 11.4 Å². The van der Waals surface area contributed by atoms with Crippen LogP contribution in [0.1, 0.15) is 21.6 Å². The maximum atomic E-state index is 12.3. The van der Waals surface area contributed by atoms with Gasteiger partial charge in [-0.2, -0.15) is 5.10 Å². The van der Waals surface area contributed by atoms with Gasteiger partial charge in [0.2, 0.25) is 10.0 Å². The van der Waals surface area contributed by atoms with E-state index in [9.17, 15) is 18.3 Å². The summed E-state index contributed by atoms with van der Waals surface area (Å²) in [7, 11) is -3.74. The number of nitrogens with one attached hydrogen (secondary N) is 2. The van der Waals surface area contributed by atoms with E-state index in [-0.39, 0.29) is 28.8 Å². The Morgan fingerprint density at radius 2 is 1.89 bits per heavy atom. The van der Waals surface area contributed by atoms with Crippen molar-refractivity contribution in [2.24, 2.45) is 5.14 Å². The Labute approximate surface area is 156 Å². The molecular formula is C18H18N4O4S. The largest absolute Gasteiger partial charge is 0.507 e. The summed E-state index contributed by atoms with van der Waals surface area (Å²) in [5, 5.41) is 24.5. The number of aryl methyl sites for hydroxylation is 1. The summed E-state index contributed by atoms with van der Waals surface area (Å²) >= 11 is 0. The van der Waals surface area contributed by atoms with Gasteiger partial charge in [0.25, 0.3) is 5.91 Å². The van der Waals surface area contributed by atoms with Crippen molar-refractivity contribution in [1.82, 2.24) is 15.5 Å². The zero-order chi connectivity index (χ0) is 19.6. The molecule has 140 valence electrons. The van der Waals surface area contributed by atoms with Gasteiger partial charge in [-0.15, -0.1) is 0 Å². The smallest absolute Gasteiger partial charge is 0.269 e. The average Bonchev–Trinajstić information content (AvgIpc) is 3.09. The van der Waals surface area contributed by atoms with E-state index in [0.717, 1.165) is 5.56 Å². The Bertz CT molecular complexity index is 1090. The normalized spacial score (nSPS) is 11.3. The van der Waals surface area contributed by atoms with Crippen molar-refractivity contribution >= 4 is 15.9 Å². The molecule has 27 heavy (non-hydrogen) atoms. The molecule has 8 nitrogen and oxygen atoms in total. The number of sulfonamides is 1. The molecule has 5 N–H and O–H groups in total. The van der Waals surface area contributed by atoms with Gasteiger partial charge in [0, 0.05) is 12.1 Å². The summed E-state index contributed by atoms with van der Waals surface area (Å²) in [6.45, 7) is 2.07. The summed E-state index contributed by atoms with van der Waals surface area (Å²) in [5.41, 5.74) is 2.85. The van der Waals surface area contributed by atoms with Crippen LogP contribution in [0.15, 0.2) is 53.4 Å². The minimum absolute atomic E-state index is 0.00805.